The summed E-state index contributed by atoms with van der Waals surface area (Å²) < 4.78 is 6.03. The summed E-state index contributed by atoms with van der Waals surface area (Å²) in [5.74, 6) is -0.451. The van der Waals surface area contributed by atoms with Crippen LogP contribution in [-0.4, -0.2) is 48.8 Å². The Labute approximate surface area is 179 Å². The number of aryl methyl sites for hydroxylation is 2. The first kappa shape index (κ1) is 21.1. The number of carbonyl (C=O) groups is 1. The molecule has 2 aromatic carbocycles. The van der Waals surface area contributed by atoms with Crippen LogP contribution in [0.3, 0.4) is 0 Å². The third-order valence-corrected chi connectivity index (χ3v) is 6.69. The lowest BCUT2D eigenvalue weighted by Crippen LogP contribution is -2.39. The fourth-order valence-corrected chi connectivity index (χ4v) is 5.11. The molecule has 0 unspecified atom stereocenters. The summed E-state index contributed by atoms with van der Waals surface area (Å²) in [6.45, 7) is 4.12. The van der Waals surface area contributed by atoms with Crippen LogP contribution >= 0.6 is 0 Å². The highest BCUT2D eigenvalue weighted by atomic mass is 16.5. The lowest BCUT2D eigenvalue weighted by molar-refractivity contribution is -0.143. The normalized spacial score (nSPS) is 19.7. The van der Waals surface area contributed by atoms with Crippen molar-refractivity contribution in [3.8, 4) is 0 Å². The predicted octanol–water partition coefficient (Wildman–Crippen LogP) is 4.51. The minimum absolute atomic E-state index is 0.199. The van der Waals surface area contributed by atoms with Crippen LogP contribution in [0.1, 0.15) is 53.9 Å². The number of piperidine rings is 1. The average Bonchev–Trinajstić information content (AvgIpc) is 2.93. The minimum atomic E-state index is -0.653. The molecule has 2 aliphatic rings. The molecule has 4 nitrogen and oxygen atoms in total. The van der Waals surface area contributed by atoms with Gasteiger partial charge in [-0.1, -0.05) is 48.5 Å². The summed E-state index contributed by atoms with van der Waals surface area (Å²) in [4.78, 5) is 13.5. The molecule has 4 rings (SSSR count). The predicted molar refractivity (Wildman–Crippen MR) is 119 cm³/mol. The number of hydrogen-bond acceptors (Lipinski definition) is 3. The van der Waals surface area contributed by atoms with Gasteiger partial charge in [-0.05, 0) is 67.3 Å². The maximum Gasteiger partial charge on any atom is 0.307 e. The van der Waals surface area contributed by atoms with Crippen molar-refractivity contribution >= 4 is 5.97 Å². The lowest BCUT2D eigenvalue weighted by Gasteiger charge is -2.30. The number of ether oxygens (including phenoxy) is 1. The molecule has 1 aliphatic carbocycles. The Morgan fingerprint density at radius 2 is 1.67 bits per heavy atom. The van der Waals surface area contributed by atoms with E-state index in [9.17, 15) is 9.90 Å². The maximum atomic E-state index is 11.2. The molecule has 1 atom stereocenters. The second-order valence-electron chi connectivity index (χ2n) is 8.68. The van der Waals surface area contributed by atoms with Gasteiger partial charge in [0, 0.05) is 32.2 Å². The molecule has 1 N–H and O–H groups in total. The molecule has 4 heteroatoms. The van der Waals surface area contributed by atoms with Crippen LogP contribution in [0.5, 0.6) is 0 Å². The fourth-order valence-electron chi connectivity index (χ4n) is 5.11. The van der Waals surface area contributed by atoms with Crippen LogP contribution in [0.25, 0.3) is 0 Å². The van der Waals surface area contributed by atoms with E-state index in [0.29, 0.717) is 12.5 Å². The molecular formula is C26H33NO3. The largest absolute Gasteiger partial charge is 0.481 e. The summed E-state index contributed by atoms with van der Waals surface area (Å²) in [6.07, 6.45) is 5.98. The Hall–Kier alpha value is -2.17. The van der Waals surface area contributed by atoms with Gasteiger partial charge in [0.2, 0.25) is 0 Å². The van der Waals surface area contributed by atoms with E-state index >= 15 is 0 Å². The highest BCUT2D eigenvalue weighted by Gasteiger charge is 2.25. The van der Waals surface area contributed by atoms with Gasteiger partial charge >= 0.3 is 5.97 Å². The van der Waals surface area contributed by atoms with Gasteiger partial charge in [0.25, 0.3) is 0 Å². The van der Waals surface area contributed by atoms with Gasteiger partial charge in [-0.2, -0.15) is 0 Å². The van der Waals surface area contributed by atoms with Crippen molar-refractivity contribution in [2.45, 2.75) is 44.4 Å². The lowest BCUT2D eigenvalue weighted by atomic mass is 9.86. The molecule has 30 heavy (non-hydrogen) atoms. The standard InChI is InChI=1S/C26H33NO3/c28-26(29)22-9-5-15-27(19-22)16-6-17-30-18-14-25-23-10-3-1-7-20(23)12-13-21-8-2-4-11-24(21)25/h1-4,7-8,10-11,22,25H,5-6,9,12-19H2,(H,28,29)/t22-/m1/s1. The van der Waals surface area contributed by atoms with Crippen molar-refractivity contribution in [3.63, 3.8) is 0 Å². The number of aliphatic carboxylic acids is 1. The summed E-state index contributed by atoms with van der Waals surface area (Å²) in [7, 11) is 0. The van der Waals surface area contributed by atoms with Gasteiger partial charge in [-0.15, -0.1) is 0 Å². The third kappa shape index (κ3) is 5.11. The van der Waals surface area contributed by atoms with E-state index in [2.05, 4.69) is 53.4 Å². The zero-order chi connectivity index (χ0) is 20.8. The Morgan fingerprint density at radius 3 is 2.33 bits per heavy atom. The molecule has 0 spiro atoms. The first-order chi connectivity index (χ1) is 14.7. The SMILES string of the molecule is O=C(O)[C@@H]1CCCN(CCCOCCC2c3ccccc3CCc3ccccc32)C1. The first-order valence-electron chi connectivity index (χ1n) is 11.4. The average molecular weight is 408 g/mol. The van der Waals surface area contributed by atoms with Crippen molar-refractivity contribution < 1.29 is 14.6 Å². The van der Waals surface area contributed by atoms with Crippen molar-refractivity contribution in [1.82, 2.24) is 4.90 Å². The Morgan fingerprint density at radius 1 is 1.00 bits per heavy atom. The number of carboxylic acids is 1. The molecule has 0 saturated carbocycles. The van der Waals surface area contributed by atoms with Crippen LogP contribution in [-0.2, 0) is 22.4 Å². The number of rotatable bonds is 8. The number of benzene rings is 2. The van der Waals surface area contributed by atoms with E-state index in [4.69, 9.17) is 4.74 Å². The molecule has 0 radical (unpaired) electrons. The second-order valence-corrected chi connectivity index (χ2v) is 8.68. The number of hydrogen-bond donors (Lipinski definition) is 1. The van der Waals surface area contributed by atoms with Gasteiger partial charge in [0.05, 0.1) is 5.92 Å². The van der Waals surface area contributed by atoms with Crippen LogP contribution in [0.15, 0.2) is 48.5 Å². The van der Waals surface area contributed by atoms with E-state index in [1.807, 2.05) is 0 Å². The summed E-state index contributed by atoms with van der Waals surface area (Å²) in [5, 5.41) is 9.23. The molecule has 0 amide bonds. The topological polar surface area (TPSA) is 49.8 Å². The van der Waals surface area contributed by atoms with Crippen molar-refractivity contribution in [2.75, 3.05) is 32.8 Å². The van der Waals surface area contributed by atoms with E-state index in [1.165, 1.54) is 22.3 Å². The Kier molecular flexibility index (Phi) is 7.19. The van der Waals surface area contributed by atoms with Gasteiger partial charge in [-0.25, -0.2) is 0 Å². The molecule has 1 saturated heterocycles. The molecule has 0 aromatic heterocycles. The molecule has 1 aliphatic heterocycles. The van der Waals surface area contributed by atoms with Crippen molar-refractivity contribution in [1.29, 1.82) is 0 Å². The van der Waals surface area contributed by atoms with Crippen LogP contribution in [0, 0.1) is 5.92 Å². The van der Waals surface area contributed by atoms with E-state index < -0.39 is 5.97 Å². The summed E-state index contributed by atoms with van der Waals surface area (Å²) in [6, 6.07) is 17.7. The summed E-state index contributed by atoms with van der Waals surface area (Å²) in [5.41, 5.74) is 5.85. The van der Waals surface area contributed by atoms with E-state index in [-0.39, 0.29) is 5.92 Å². The van der Waals surface area contributed by atoms with Crippen LogP contribution in [0.4, 0.5) is 0 Å². The van der Waals surface area contributed by atoms with E-state index in [0.717, 1.165) is 64.8 Å². The molecular weight excluding hydrogens is 374 g/mol. The molecule has 1 heterocycles. The van der Waals surface area contributed by atoms with Gasteiger partial charge < -0.3 is 14.7 Å². The monoisotopic (exact) mass is 407 g/mol. The zero-order valence-corrected chi connectivity index (χ0v) is 17.8. The number of fused-ring (bicyclic) bond motifs is 2. The van der Waals surface area contributed by atoms with Crippen LogP contribution in [0.2, 0.25) is 0 Å². The number of nitrogens with zero attached hydrogens (tertiary/aromatic N) is 1. The highest BCUT2D eigenvalue weighted by Crippen LogP contribution is 2.36. The number of carboxylic acid groups (broad SMARTS) is 1. The van der Waals surface area contributed by atoms with Gasteiger partial charge in [0.15, 0.2) is 0 Å². The van der Waals surface area contributed by atoms with E-state index in [1.54, 1.807) is 0 Å². The minimum Gasteiger partial charge on any atom is -0.481 e. The maximum absolute atomic E-state index is 11.2. The number of likely N-dealkylation sites (tertiary alicyclic amines) is 1. The van der Waals surface area contributed by atoms with Crippen LogP contribution < -0.4 is 0 Å². The Bertz CT molecular complexity index is 802. The molecule has 2 aromatic rings. The summed E-state index contributed by atoms with van der Waals surface area (Å²) >= 11 is 0. The smallest absolute Gasteiger partial charge is 0.307 e. The van der Waals surface area contributed by atoms with Crippen molar-refractivity contribution in [3.05, 3.63) is 70.8 Å². The Balaban J connectivity index is 1.28. The quantitative estimate of drug-likeness (QED) is 0.654. The molecule has 0 bridgehead atoms. The third-order valence-electron chi connectivity index (χ3n) is 6.69. The second kappa shape index (κ2) is 10.2. The molecule has 160 valence electrons. The van der Waals surface area contributed by atoms with Gasteiger partial charge in [0.1, 0.15) is 0 Å². The molecule has 1 fully saturated rings. The highest BCUT2D eigenvalue weighted by molar-refractivity contribution is 5.70. The zero-order valence-electron chi connectivity index (χ0n) is 17.8. The van der Waals surface area contributed by atoms with Gasteiger partial charge in [-0.3, -0.25) is 4.79 Å². The first-order valence-corrected chi connectivity index (χ1v) is 11.4. The fraction of sp³-hybridized carbons (Fsp3) is 0.500. The van der Waals surface area contributed by atoms with Crippen molar-refractivity contribution in [2.24, 2.45) is 5.92 Å².